The van der Waals surface area contributed by atoms with Crippen LogP contribution in [0.25, 0.3) is 0 Å². The number of carbonyl (C=O) groups is 4. The summed E-state index contributed by atoms with van der Waals surface area (Å²) in [6, 6.07) is 11.5. The predicted octanol–water partition coefficient (Wildman–Crippen LogP) is 4.18. The number of aromatic hydroxyl groups is 1. The third kappa shape index (κ3) is 9.51. The van der Waals surface area contributed by atoms with Crippen molar-refractivity contribution in [1.29, 1.82) is 0 Å². The highest BCUT2D eigenvalue weighted by atomic mass is 16.6. The minimum Gasteiger partial charge on any atom is -0.508 e. The molecule has 0 fully saturated rings. The van der Waals surface area contributed by atoms with Gasteiger partial charge in [-0.1, -0.05) is 43.3 Å². The van der Waals surface area contributed by atoms with Crippen LogP contribution >= 0.6 is 0 Å². The van der Waals surface area contributed by atoms with Crippen LogP contribution in [0.2, 0.25) is 0 Å². The second-order valence-electron chi connectivity index (χ2n) is 11.5. The van der Waals surface area contributed by atoms with Gasteiger partial charge in [0.25, 0.3) is 0 Å². The molecule has 0 radical (unpaired) electrons. The minimum atomic E-state index is -1.21. The molecule has 0 aliphatic heterocycles. The largest absolute Gasteiger partial charge is 0.508 e. The molecule has 0 aromatic heterocycles. The number of phenolic OH excluding ortho intramolecular Hbond substituents is 1. The van der Waals surface area contributed by atoms with Gasteiger partial charge in [0, 0.05) is 12.0 Å². The molecule has 0 heterocycles. The van der Waals surface area contributed by atoms with Crippen molar-refractivity contribution in [3.8, 4) is 5.75 Å². The Morgan fingerprint density at radius 2 is 1.63 bits per heavy atom. The van der Waals surface area contributed by atoms with E-state index in [0.29, 0.717) is 17.5 Å². The Kier molecular flexibility index (Phi) is 11.3. The lowest BCUT2D eigenvalue weighted by Gasteiger charge is -2.44. The van der Waals surface area contributed by atoms with E-state index in [1.165, 1.54) is 18.1 Å². The number of carbonyl (C=O) groups excluding carboxylic acids is 4. The van der Waals surface area contributed by atoms with Gasteiger partial charge in [0.15, 0.2) is 0 Å². The van der Waals surface area contributed by atoms with Crippen molar-refractivity contribution < 1.29 is 33.8 Å². The molecule has 0 aliphatic carbocycles. The van der Waals surface area contributed by atoms with Crippen LogP contribution in [0, 0.1) is 6.92 Å². The minimum absolute atomic E-state index is 0.0312. The maximum Gasteiger partial charge on any atom is 0.408 e. The van der Waals surface area contributed by atoms with Gasteiger partial charge < -0.3 is 30.1 Å². The predicted molar refractivity (Wildman–Crippen MR) is 155 cm³/mol. The van der Waals surface area contributed by atoms with Gasteiger partial charge in [0.1, 0.15) is 30.0 Å². The molecular formula is C31H43N3O7. The first-order chi connectivity index (χ1) is 19.1. The molecule has 3 amide bonds. The molecule has 0 spiro atoms. The fourth-order valence-electron chi connectivity index (χ4n) is 4.21. The van der Waals surface area contributed by atoms with E-state index >= 15 is 0 Å². The summed E-state index contributed by atoms with van der Waals surface area (Å²) in [5, 5.41) is 15.5. The van der Waals surface area contributed by atoms with Gasteiger partial charge in [-0.05, 0) is 76.8 Å². The van der Waals surface area contributed by atoms with Gasteiger partial charge in [-0.3, -0.25) is 14.4 Å². The number of nitrogens with zero attached hydrogens (tertiary/aromatic N) is 1. The van der Waals surface area contributed by atoms with Gasteiger partial charge in [-0.2, -0.15) is 0 Å². The van der Waals surface area contributed by atoms with E-state index in [9.17, 15) is 24.3 Å². The molecule has 41 heavy (non-hydrogen) atoms. The van der Waals surface area contributed by atoms with E-state index < -0.39 is 53.6 Å². The number of aryl methyl sites for hydroxylation is 1. The molecule has 2 aromatic rings. The van der Waals surface area contributed by atoms with Crippen LogP contribution in [0.1, 0.15) is 70.7 Å². The Labute approximate surface area is 242 Å². The van der Waals surface area contributed by atoms with Gasteiger partial charge in [0.05, 0.1) is 7.11 Å². The second kappa shape index (κ2) is 14.0. The average molecular weight is 570 g/mol. The van der Waals surface area contributed by atoms with Crippen molar-refractivity contribution in [2.24, 2.45) is 0 Å². The molecular weight excluding hydrogens is 526 g/mol. The zero-order chi connectivity index (χ0) is 31.0. The van der Waals surface area contributed by atoms with E-state index in [1.807, 2.05) is 51.1 Å². The van der Waals surface area contributed by atoms with Gasteiger partial charge in [-0.25, -0.2) is 4.79 Å². The van der Waals surface area contributed by atoms with E-state index in [4.69, 9.17) is 4.74 Å². The monoisotopic (exact) mass is 569 g/mol. The summed E-state index contributed by atoms with van der Waals surface area (Å²) < 4.78 is 10.1. The summed E-state index contributed by atoms with van der Waals surface area (Å²) in [7, 11) is 1.21. The molecule has 10 heteroatoms. The molecule has 2 unspecified atom stereocenters. The summed E-state index contributed by atoms with van der Waals surface area (Å²) in [6.07, 6.45) is -0.172. The first-order valence-electron chi connectivity index (χ1n) is 13.6. The van der Waals surface area contributed by atoms with Crippen LogP contribution < -0.4 is 10.6 Å². The maximum absolute atomic E-state index is 14.6. The number of hydrogen-bond donors (Lipinski definition) is 3. The normalized spacial score (nSPS) is 13.0. The summed E-state index contributed by atoms with van der Waals surface area (Å²) in [5.41, 5.74) is 0.0344. The molecule has 0 saturated heterocycles. The highest BCUT2D eigenvalue weighted by Gasteiger charge is 2.43. The van der Waals surface area contributed by atoms with Gasteiger partial charge >= 0.3 is 12.1 Å². The van der Waals surface area contributed by atoms with Crippen molar-refractivity contribution in [3.63, 3.8) is 0 Å². The number of rotatable bonds is 11. The first kappa shape index (κ1) is 33.1. The zero-order valence-corrected chi connectivity index (χ0v) is 25.2. The molecule has 2 atom stereocenters. The smallest absolute Gasteiger partial charge is 0.408 e. The highest BCUT2D eigenvalue weighted by molar-refractivity contribution is 5.94. The summed E-state index contributed by atoms with van der Waals surface area (Å²) in [4.78, 5) is 54.5. The SMILES string of the molecule is CCC(C)(C)N(C(=O)C(Cc1ccccc1)NC(=O)OC(C)(C)C)C(C(=O)NCC(=O)OC)c1ccc(O)c(C)c1. The molecule has 2 rings (SSSR count). The van der Waals surface area contributed by atoms with Crippen LogP contribution in [-0.2, 0) is 30.3 Å². The Morgan fingerprint density at radius 3 is 2.17 bits per heavy atom. The number of benzene rings is 2. The number of nitrogens with one attached hydrogen (secondary N) is 2. The fraction of sp³-hybridized carbons (Fsp3) is 0.484. The van der Waals surface area contributed by atoms with Crippen molar-refractivity contribution in [2.45, 2.75) is 84.5 Å². The van der Waals surface area contributed by atoms with E-state index in [1.54, 1.807) is 39.8 Å². The Hall–Kier alpha value is -4.08. The number of esters is 1. The topological polar surface area (TPSA) is 134 Å². The first-order valence-corrected chi connectivity index (χ1v) is 13.6. The highest BCUT2D eigenvalue weighted by Crippen LogP contribution is 2.34. The Morgan fingerprint density at radius 1 is 1.00 bits per heavy atom. The number of methoxy groups -OCH3 is 1. The van der Waals surface area contributed by atoms with Crippen molar-refractivity contribution in [1.82, 2.24) is 15.5 Å². The van der Waals surface area contributed by atoms with Crippen molar-refractivity contribution in [2.75, 3.05) is 13.7 Å². The van der Waals surface area contributed by atoms with Crippen LogP contribution in [0.4, 0.5) is 4.79 Å². The number of phenols is 1. The number of hydrogen-bond acceptors (Lipinski definition) is 7. The zero-order valence-electron chi connectivity index (χ0n) is 25.2. The van der Waals surface area contributed by atoms with Crippen molar-refractivity contribution in [3.05, 3.63) is 65.2 Å². The molecule has 2 aromatic carbocycles. The van der Waals surface area contributed by atoms with Gasteiger partial charge in [0.2, 0.25) is 11.8 Å². The third-order valence-corrected chi connectivity index (χ3v) is 6.70. The summed E-state index contributed by atoms with van der Waals surface area (Å²) in [5.74, 6) is -1.76. The lowest BCUT2D eigenvalue weighted by molar-refractivity contribution is -0.150. The fourth-order valence-corrected chi connectivity index (χ4v) is 4.21. The summed E-state index contributed by atoms with van der Waals surface area (Å²) >= 11 is 0. The Bertz CT molecular complexity index is 1220. The lowest BCUT2D eigenvalue weighted by atomic mass is 9.90. The number of alkyl carbamates (subject to hydrolysis) is 1. The number of amides is 3. The quantitative estimate of drug-likeness (QED) is 0.346. The lowest BCUT2D eigenvalue weighted by Crippen LogP contribution is -2.60. The van der Waals surface area contributed by atoms with Crippen LogP contribution in [-0.4, -0.2) is 64.7 Å². The van der Waals surface area contributed by atoms with Crippen molar-refractivity contribution >= 4 is 23.9 Å². The van der Waals surface area contributed by atoms with E-state index in [2.05, 4.69) is 15.4 Å². The van der Waals surface area contributed by atoms with Crippen LogP contribution in [0.5, 0.6) is 5.75 Å². The Balaban J connectivity index is 2.67. The molecule has 3 N–H and O–H groups in total. The molecule has 224 valence electrons. The molecule has 10 nitrogen and oxygen atoms in total. The van der Waals surface area contributed by atoms with E-state index in [-0.39, 0.29) is 12.2 Å². The molecule has 0 bridgehead atoms. The third-order valence-electron chi connectivity index (χ3n) is 6.70. The number of ether oxygens (including phenoxy) is 2. The average Bonchev–Trinajstić information content (AvgIpc) is 2.90. The van der Waals surface area contributed by atoms with E-state index in [0.717, 1.165) is 5.56 Å². The maximum atomic E-state index is 14.6. The summed E-state index contributed by atoms with van der Waals surface area (Å²) in [6.45, 7) is 12.0. The molecule has 0 aliphatic rings. The second-order valence-corrected chi connectivity index (χ2v) is 11.5. The standard InChI is InChI=1S/C31H43N3O7/c1-9-31(6,7)34(26(27(37)32-19-25(36)40-8)22-15-16-24(35)20(2)17-22)28(38)23(18-21-13-11-10-12-14-21)33-29(39)41-30(3,4)5/h10-17,23,26,35H,9,18-19H2,1-8H3,(H,32,37)(H,33,39). The van der Waals surface area contributed by atoms with Crippen LogP contribution in [0.3, 0.4) is 0 Å². The van der Waals surface area contributed by atoms with Crippen LogP contribution in [0.15, 0.2) is 48.5 Å². The molecule has 0 saturated carbocycles. The van der Waals surface area contributed by atoms with Gasteiger partial charge in [-0.15, -0.1) is 0 Å².